The smallest absolute Gasteiger partial charge is 0.335 e. The van der Waals surface area contributed by atoms with E-state index in [1.165, 1.54) is 24.0 Å². The van der Waals surface area contributed by atoms with Crippen molar-refractivity contribution >= 4 is 5.97 Å². The number of aryl methyl sites for hydroxylation is 1. The lowest BCUT2D eigenvalue weighted by Crippen LogP contribution is -2.46. The molecular weight excluding hydrogens is 378 g/mol. The highest BCUT2D eigenvalue weighted by Crippen LogP contribution is 2.44. The van der Waals surface area contributed by atoms with Gasteiger partial charge in [-0.15, -0.1) is 0 Å². The van der Waals surface area contributed by atoms with Crippen molar-refractivity contribution in [2.45, 2.75) is 57.8 Å². The molecular formula is C25H33NO4. The molecule has 2 aromatic carbocycles. The van der Waals surface area contributed by atoms with Gasteiger partial charge in [0, 0.05) is 12.1 Å². The monoisotopic (exact) mass is 411 g/mol. The molecule has 5 heteroatoms. The Hall–Kier alpha value is -2.21. The van der Waals surface area contributed by atoms with Gasteiger partial charge >= 0.3 is 5.97 Å². The summed E-state index contributed by atoms with van der Waals surface area (Å²) in [4.78, 5) is 11.0. The molecule has 0 saturated heterocycles. The number of aliphatic hydroxyl groups excluding tert-OH is 1. The zero-order chi connectivity index (χ0) is 21.7. The number of carbonyl (C=O) groups is 1. The molecule has 0 radical (unpaired) electrons. The molecule has 0 bridgehead atoms. The second-order valence-electron chi connectivity index (χ2n) is 9.05. The van der Waals surface area contributed by atoms with Gasteiger partial charge in [-0.2, -0.15) is 0 Å². The first-order chi connectivity index (χ1) is 14.2. The van der Waals surface area contributed by atoms with E-state index in [0.29, 0.717) is 19.1 Å². The minimum atomic E-state index is -0.919. The summed E-state index contributed by atoms with van der Waals surface area (Å²) >= 11 is 0. The molecule has 0 aliphatic heterocycles. The topological polar surface area (TPSA) is 78.8 Å². The molecule has 1 aliphatic carbocycles. The van der Waals surface area contributed by atoms with Crippen LogP contribution in [0.3, 0.4) is 0 Å². The quantitative estimate of drug-likeness (QED) is 0.518. The van der Waals surface area contributed by atoms with E-state index in [9.17, 15) is 9.90 Å². The number of rotatable bonds is 11. The molecule has 1 saturated carbocycles. The molecule has 3 rings (SSSR count). The van der Waals surface area contributed by atoms with E-state index >= 15 is 0 Å². The Balaban J connectivity index is 1.48. The van der Waals surface area contributed by atoms with Crippen LogP contribution in [-0.4, -0.2) is 41.0 Å². The zero-order valence-electron chi connectivity index (χ0n) is 18.1. The first kappa shape index (κ1) is 22.5. The van der Waals surface area contributed by atoms with Crippen molar-refractivity contribution < 1.29 is 19.7 Å². The molecule has 162 valence electrons. The van der Waals surface area contributed by atoms with E-state index in [1.54, 1.807) is 12.1 Å². The van der Waals surface area contributed by atoms with Crippen molar-refractivity contribution in [2.75, 3.05) is 13.2 Å². The maximum absolute atomic E-state index is 11.0. The molecule has 30 heavy (non-hydrogen) atoms. The van der Waals surface area contributed by atoms with Crippen LogP contribution in [0.25, 0.3) is 0 Å². The second-order valence-corrected chi connectivity index (χ2v) is 9.05. The Labute approximate surface area is 179 Å². The third kappa shape index (κ3) is 6.39. The number of nitrogens with one attached hydrogen (secondary N) is 1. The fourth-order valence-corrected chi connectivity index (χ4v) is 3.79. The lowest BCUT2D eigenvalue weighted by molar-refractivity contribution is -0.0213. The number of β-amino-alcohol motifs (C(OH)–C–C–N with tert-alkyl or cyclic N) is 1. The van der Waals surface area contributed by atoms with E-state index < -0.39 is 12.1 Å². The van der Waals surface area contributed by atoms with Crippen LogP contribution in [0.1, 0.15) is 59.8 Å². The van der Waals surface area contributed by atoms with Gasteiger partial charge in [0.1, 0.15) is 0 Å². The van der Waals surface area contributed by atoms with Gasteiger partial charge in [-0.3, -0.25) is 0 Å². The fraction of sp³-hybridized carbons (Fsp3) is 0.480. The molecule has 1 aliphatic rings. The predicted octanol–water partition coefficient (Wildman–Crippen LogP) is 4.13. The van der Waals surface area contributed by atoms with E-state index in [0.717, 1.165) is 12.0 Å². The summed E-state index contributed by atoms with van der Waals surface area (Å²) in [5.41, 5.74) is 3.56. The van der Waals surface area contributed by atoms with Gasteiger partial charge in [0.25, 0.3) is 0 Å². The minimum Gasteiger partial charge on any atom is -0.478 e. The largest absolute Gasteiger partial charge is 0.478 e. The molecule has 0 amide bonds. The summed E-state index contributed by atoms with van der Waals surface area (Å²) in [6.07, 6.45) is 2.56. The maximum Gasteiger partial charge on any atom is 0.335 e. The number of ether oxygens (including phenoxy) is 1. The van der Waals surface area contributed by atoms with Crippen LogP contribution in [0.5, 0.6) is 0 Å². The first-order valence-electron chi connectivity index (χ1n) is 10.7. The molecule has 0 aromatic heterocycles. The molecule has 3 N–H and O–H groups in total. The van der Waals surface area contributed by atoms with Crippen LogP contribution in [0.4, 0.5) is 0 Å². The predicted molar refractivity (Wildman–Crippen MR) is 118 cm³/mol. The number of benzene rings is 2. The number of carboxylic acid groups (broad SMARTS) is 1. The number of hydrogen-bond acceptors (Lipinski definition) is 4. The number of carboxylic acids is 1. The summed E-state index contributed by atoms with van der Waals surface area (Å²) in [5, 5.41) is 22.9. The van der Waals surface area contributed by atoms with E-state index in [-0.39, 0.29) is 17.2 Å². The second kappa shape index (κ2) is 9.73. The Kier molecular flexibility index (Phi) is 7.29. The molecule has 5 nitrogen and oxygen atoms in total. The Bertz CT molecular complexity index is 842. The summed E-state index contributed by atoms with van der Waals surface area (Å²) in [5.74, 6) is -0.367. The normalized spacial score (nSPS) is 16.3. The van der Waals surface area contributed by atoms with Crippen molar-refractivity contribution in [3.8, 4) is 0 Å². The summed E-state index contributed by atoms with van der Waals surface area (Å²) in [6.45, 7) is 6.99. The highest BCUT2D eigenvalue weighted by Gasteiger charge is 2.34. The Morgan fingerprint density at radius 3 is 2.43 bits per heavy atom. The molecule has 0 spiro atoms. The number of aliphatic hydroxyl groups is 1. The average Bonchev–Trinajstić information content (AvgIpc) is 3.53. The summed E-state index contributed by atoms with van der Waals surface area (Å²) in [6, 6.07) is 15.3. The van der Waals surface area contributed by atoms with Gasteiger partial charge in [-0.05, 0) is 74.8 Å². The minimum absolute atomic E-state index is 0.0570. The van der Waals surface area contributed by atoms with Crippen molar-refractivity contribution in [2.24, 2.45) is 5.92 Å². The Morgan fingerprint density at radius 1 is 1.17 bits per heavy atom. The van der Waals surface area contributed by atoms with Gasteiger partial charge in [0.15, 0.2) is 0 Å². The van der Waals surface area contributed by atoms with Crippen LogP contribution in [-0.2, 0) is 11.2 Å². The average molecular weight is 412 g/mol. The molecule has 0 unspecified atom stereocenters. The standard InChI is InChI=1S/C25H33NO4/c1-17-6-4-5-7-22(17)23(19-12-13-19)30-16-21(27)15-26-25(2,3)14-18-8-10-20(11-9-18)24(28)29/h4-11,19,21,23,26-27H,12-16H2,1-3H3,(H,28,29)/t21-,23-/m1/s1. The lowest BCUT2D eigenvalue weighted by Gasteiger charge is -2.29. The fourth-order valence-electron chi connectivity index (χ4n) is 3.79. The number of hydrogen-bond donors (Lipinski definition) is 3. The maximum atomic E-state index is 11.0. The SMILES string of the molecule is Cc1ccccc1[C@H](OC[C@H](O)CNC(C)(C)Cc1ccc(C(=O)O)cc1)C1CC1. The van der Waals surface area contributed by atoms with Crippen LogP contribution < -0.4 is 5.32 Å². The molecule has 2 atom stereocenters. The highest BCUT2D eigenvalue weighted by atomic mass is 16.5. The summed E-state index contributed by atoms with van der Waals surface area (Å²) in [7, 11) is 0. The van der Waals surface area contributed by atoms with Crippen molar-refractivity contribution in [1.82, 2.24) is 5.32 Å². The van der Waals surface area contributed by atoms with Crippen molar-refractivity contribution in [3.63, 3.8) is 0 Å². The van der Waals surface area contributed by atoms with E-state index in [1.807, 2.05) is 24.3 Å². The van der Waals surface area contributed by atoms with Crippen LogP contribution >= 0.6 is 0 Å². The Morgan fingerprint density at radius 2 is 1.83 bits per heavy atom. The highest BCUT2D eigenvalue weighted by molar-refractivity contribution is 5.87. The van der Waals surface area contributed by atoms with Crippen LogP contribution in [0.15, 0.2) is 48.5 Å². The zero-order valence-corrected chi connectivity index (χ0v) is 18.1. The van der Waals surface area contributed by atoms with Gasteiger partial charge in [-0.1, -0.05) is 36.4 Å². The van der Waals surface area contributed by atoms with Gasteiger partial charge in [-0.25, -0.2) is 4.79 Å². The van der Waals surface area contributed by atoms with Crippen molar-refractivity contribution in [3.05, 3.63) is 70.8 Å². The third-order valence-corrected chi connectivity index (χ3v) is 5.68. The first-order valence-corrected chi connectivity index (χ1v) is 10.7. The number of aromatic carboxylic acids is 1. The van der Waals surface area contributed by atoms with Crippen LogP contribution in [0, 0.1) is 12.8 Å². The molecule has 0 heterocycles. The van der Waals surface area contributed by atoms with E-state index in [2.05, 4.69) is 38.2 Å². The lowest BCUT2D eigenvalue weighted by atomic mass is 9.94. The summed E-state index contributed by atoms with van der Waals surface area (Å²) < 4.78 is 6.17. The van der Waals surface area contributed by atoms with Gasteiger partial charge < -0.3 is 20.3 Å². The third-order valence-electron chi connectivity index (χ3n) is 5.68. The van der Waals surface area contributed by atoms with Gasteiger partial charge in [0.2, 0.25) is 0 Å². The van der Waals surface area contributed by atoms with Crippen molar-refractivity contribution in [1.29, 1.82) is 0 Å². The van der Waals surface area contributed by atoms with E-state index in [4.69, 9.17) is 9.84 Å². The van der Waals surface area contributed by atoms with Gasteiger partial charge in [0.05, 0.1) is 24.4 Å². The van der Waals surface area contributed by atoms with Crippen LogP contribution in [0.2, 0.25) is 0 Å². The molecule has 1 fully saturated rings. The molecule has 2 aromatic rings.